The van der Waals surface area contributed by atoms with Crippen molar-refractivity contribution in [1.82, 2.24) is 20.5 Å². The highest BCUT2D eigenvalue weighted by atomic mass is 35.5. The topological polar surface area (TPSA) is 138 Å². The number of aromatic nitrogens is 1. The molecule has 0 saturated carbocycles. The number of aliphatic hydroxyl groups is 1. The van der Waals surface area contributed by atoms with Crippen LogP contribution in [0.3, 0.4) is 0 Å². The Hall–Kier alpha value is -2.53. The van der Waals surface area contributed by atoms with Crippen molar-refractivity contribution < 1.29 is 19.5 Å². The molecule has 0 radical (unpaired) electrons. The highest BCUT2D eigenvalue weighted by Crippen LogP contribution is 2.29. The van der Waals surface area contributed by atoms with E-state index in [1.54, 1.807) is 11.3 Å². The first-order valence-corrected chi connectivity index (χ1v) is 15.6. The molecule has 2 heterocycles. The summed E-state index contributed by atoms with van der Waals surface area (Å²) in [6.07, 6.45) is 4.45. The van der Waals surface area contributed by atoms with Gasteiger partial charge >= 0.3 is 0 Å². The zero-order valence-corrected chi connectivity index (χ0v) is 27.2. The van der Waals surface area contributed by atoms with Gasteiger partial charge in [-0.25, -0.2) is 4.98 Å². The van der Waals surface area contributed by atoms with Gasteiger partial charge in [0, 0.05) is 19.4 Å². The highest BCUT2D eigenvalue weighted by molar-refractivity contribution is 7.13. The largest absolute Gasteiger partial charge is 0.391 e. The third kappa shape index (κ3) is 9.76. The molecule has 1 fully saturated rings. The maximum absolute atomic E-state index is 13.8. The molecule has 11 heteroatoms. The van der Waals surface area contributed by atoms with Crippen LogP contribution in [0.25, 0.3) is 10.4 Å². The van der Waals surface area contributed by atoms with E-state index in [-0.39, 0.29) is 49.1 Å². The smallest absolute Gasteiger partial charge is 0.246 e. The average molecular weight is 622 g/mol. The molecule has 1 aromatic carbocycles. The molecule has 1 saturated heterocycles. The van der Waals surface area contributed by atoms with Gasteiger partial charge in [-0.2, -0.15) is 0 Å². The van der Waals surface area contributed by atoms with Crippen molar-refractivity contribution in [2.24, 2.45) is 11.1 Å². The molecule has 42 heavy (non-hydrogen) atoms. The monoisotopic (exact) mass is 621 g/mol. The first kappa shape index (κ1) is 35.7. The van der Waals surface area contributed by atoms with Crippen LogP contribution < -0.4 is 16.4 Å². The lowest BCUT2D eigenvalue weighted by Gasteiger charge is -2.35. The first-order valence-electron chi connectivity index (χ1n) is 14.7. The molecule has 1 aliphatic rings. The summed E-state index contributed by atoms with van der Waals surface area (Å²) < 4.78 is 0. The molecule has 3 rings (SSSR count). The number of nitrogens with one attached hydrogen (secondary N) is 2. The van der Waals surface area contributed by atoms with Crippen LogP contribution in [0.2, 0.25) is 0 Å². The maximum atomic E-state index is 13.8. The molecule has 0 spiro atoms. The number of carbonyl (C=O) groups excluding carboxylic acids is 3. The van der Waals surface area contributed by atoms with Gasteiger partial charge in [0.1, 0.15) is 12.1 Å². The number of nitrogens with two attached hydrogens (primary N) is 1. The number of unbranched alkanes of at least 4 members (excludes halogenated alkanes) is 4. The second kappa shape index (κ2) is 16.4. The Morgan fingerprint density at radius 2 is 1.74 bits per heavy atom. The van der Waals surface area contributed by atoms with Crippen molar-refractivity contribution in [1.29, 1.82) is 0 Å². The van der Waals surface area contributed by atoms with Crippen LogP contribution in [0.1, 0.15) is 89.9 Å². The van der Waals surface area contributed by atoms with Crippen molar-refractivity contribution in [3.8, 4) is 10.4 Å². The van der Waals surface area contributed by atoms with Crippen molar-refractivity contribution in [3.05, 3.63) is 41.0 Å². The minimum Gasteiger partial charge on any atom is -0.391 e. The fourth-order valence-corrected chi connectivity index (χ4v) is 6.02. The van der Waals surface area contributed by atoms with Gasteiger partial charge in [0.15, 0.2) is 0 Å². The van der Waals surface area contributed by atoms with Gasteiger partial charge in [-0.1, -0.05) is 64.3 Å². The Kier molecular flexibility index (Phi) is 13.9. The van der Waals surface area contributed by atoms with Crippen LogP contribution in [0.15, 0.2) is 29.8 Å². The number of rotatable bonds is 13. The van der Waals surface area contributed by atoms with Crippen LogP contribution in [-0.4, -0.2) is 64.0 Å². The summed E-state index contributed by atoms with van der Waals surface area (Å²) >= 11 is 1.59. The van der Waals surface area contributed by atoms with Crippen molar-refractivity contribution in [2.75, 3.05) is 13.1 Å². The Morgan fingerprint density at radius 1 is 1.10 bits per heavy atom. The van der Waals surface area contributed by atoms with Crippen molar-refractivity contribution in [3.63, 3.8) is 0 Å². The predicted molar refractivity (Wildman–Crippen MR) is 170 cm³/mol. The van der Waals surface area contributed by atoms with Gasteiger partial charge in [-0.05, 0) is 49.8 Å². The van der Waals surface area contributed by atoms with Gasteiger partial charge in [0.05, 0.1) is 28.2 Å². The van der Waals surface area contributed by atoms with E-state index in [1.165, 1.54) is 4.90 Å². The third-order valence-electron chi connectivity index (χ3n) is 7.67. The summed E-state index contributed by atoms with van der Waals surface area (Å²) in [5.41, 5.74) is 9.78. The summed E-state index contributed by atoms with van der Waals surface area (Å²) in [4.78, 5) is 46.8. The molecule has 2 aromatic rings. The van der Waals surface area contributed by atoms with Gasteiger partial charge in [0.2, 0.25) is 17.7 Å². The van der Waals surface area contributed by atoms with Crippen LogP contribution >= 0.6 is 23.7 Å². The Balaban J connectivity index is 0.00000616. The van der Waals surface area contributed by atoms with Crippen LogP contribution in [-0.2, 0) is 14.4 Å². The number of aryl methyl sites for hydroxylation is 1. The molecule has 4 unspecified atom stereocenters. The average Bonchev–Trinajstić information content (AvgIpc) is 3.53. The fourth-order valence-electron chi connectivity index (χ4n) is 5.21. The number of β-amino-alcohol motifs (C(OH)–C–C–N with tert-alkyl or cyclic N) is 1. The number of carbonyl (C=O) groups is 3. The quantitative estimate of drug-likeness (QED) is 0.243. The minimum atomic E-state index is -0.816. The highest BCUT2D eigenvalue weighted by Gasteiger charge is 2.44. The molecular weight excluding hydrogens is 574 g/mol. The van der Waals surface area contributed by atoms with E-state index in [1.807, 2.05) is 64.4 Å². The van der Waals surface area contributed by atoms with E-state index >= 15 is 0 Å². The van der Waals surface area contributed by atoms with Gasteiger partial charge in [-0.15, -0.1) is 23.7 Å². The number of amides is 3. The second-order valence-electron chi connectivity index (χ2n) is 12.2. The normalized spacial score (nSPS) is 18.2. The van der Waals surface area contributed by atoms with E-state index < -0.39 is 23.6 Å². The minimum absolute atomic E-state index is 0. The molecule has 0 aliphatic carbocycles. The summed E-state index contributed by atoms with van der Waals surface area (Å²) in [5, 5.41) is 16.4. The lowest BCUT2D eigenvalue weighted by atomic mass is 9.85. The number of halogens is 1. The zero-order valence-electron chi connectivity index (χ0n) is 25.5. The van der Waals surface area contributed by atoms with Crippen LogP contribution in [0.4, 0.5) is 0 Å². The SMILES string of the molecule is Cc1ncsc1-c1ccc(C(C)NC(=O)C2CC(O)CN2C(=O)C(NC(=O)CCCCCCCN)C(C)(C)C)cc1.Cl. The summed E-state index contributed by atoms with van der Waals surface area (Å²) in [7, 11) is 0. The number of aliphatic hydroxyl groups excluding tert-OH is 1. The zero-order chi connectivity index (χ0) is 30.2. The molecule has 0 bridgehead atoms. The summed E-state index contributed by atoms with van der Waals surface area (Å²) in [6, 6.07) is 6.08. The van der Waals surface area contributed by atoms with Crippen molar-refractivity contribution >= 4 is 41.5 Å². The Bertz CT molecular complexity index is 1170. The molecular formula is C31H48ClN5O4S. The Morgan fingerprint density at radius 3 is 2.33 bits per heavy atom. The van der Waals surface area contributed by atoms with Gasteiger partial charge < -0.3 is 26.4 Å². The maximum Gasteiger partial charge on any atom is 0.246 e. The van der Waals surface area contributed by atoms with E-state index in [2.05, 4.69) is 15.6 Å². The Labute approximate surface area is 260 Å². The van der Waals surface area contributed by atoms with Gasteiger partial charge in [-0.3, -0.25) is 14.4 Å². The van der Waals surface area contributed by atoms with E-state index in [4.69, 9.17) is 5.73 Å². The number of hydrogen-bond donors (Lipinski definition) is 4. The standard InChI is InChI=1S/C31H47N5O4S.ClH/c1-20(22-12-14-23(15-13-22)27-21(2)33-19-41-27)34-29(39)25-17-24(37)18-36(25)30(40)28(31(3,4)5)35-26(38)11-9-7-6-8-10-16-32;/h12-15,19-20,24-25,28,37H,6-11,16-18,32H2,1-5H3,(H,34,39)(H,35,38);1H. The number of hydrogen-bond acceptors (Lipinski definition) is 7. The van der Waals surface area contributed by atoms with Crippen LogP contribution in [0.5, 0.6) is 0 Å². The fraction of sp³-hybridized carbons (Fsp3) is 0.613. The molecule has 3 amide bonds. The van der Waals surface area contributed by atoms with Crippen LogP contribution in [0, 0.1) is 12.3 Å². The van der Waals surface area contributed by atoms with Crippen molar-refractivity contribution in [2.45, 2.75) is 104 Å². The summed E-state index contributed by atoms with van der Waals surface area (Å²) in [5.74, 6) is -0.841. The number of likely N-dealkylation sites (tertiary alicyclic amines) is 1. The lowest BCUT2D eigenvalue weighted by molar-refractivity contribution is -0.144. The van der Waals surface area contributed by atoms with E-state index in [0.29, 0.717) is 13.0 Å². The molecule has 9 nitrogen and oxygen atoms in total. The first-order chi connectivity index (χ1) is 19.4. The van der Waals surface area contributed by atoms with Gasteiger partial charge in [0.25, 0.3) is 0 Å². The number of benzene rings is 1. The second-order valence-corrected chi connectivity index (χ2v) is 13.0. The lowest BCUT2D eigenvalue weighted by Crippen LogP contribution is -2.57. The molecule has 4 atom stereocenters. The molecule has 1 aliphatic heterocycles. The van der Waals surface area contributed by atoms with E-state index in [9.17, 15) is 19.5 Å². The third-order valence-corrected chi connectivity index (χ3v) is 8.65. The molecule has 1 aromatic heterocycles. The predicted octanol–water partition coefficient (Wildman–Crippen LogP) is 4.51. The van der Waals surface area contributed by atoms with E-state index in [0.717, 1.165) is 53.8 Å². The molecule has 5 N–H and O–H groups in total. The number of nitrogens with zero attached hydrogens (tertiary/aromatic N) is 2. The molecule has 234 valence electrons. The summed E-state index contributed by atoms with van der Waals surface area (Å²) in [6.45, 7) is 10.3. The number of thiazole rings is 1.